The van der Waals surface area contributed by atoms with Crippen molar-refractivity contribution in [3.8, 4) is 0 Å². The topological polar surface area (TPSA) is 110 Å². The van der Waals surface area contributed by atoms with Gasteiger partial charge in [-0.05, 0) is 30.9 Å². The van der Waals surface area contributed by atoms with Crippen LogP contribution in [0.1, 0.15) is 32.1 Å². The highest BCUT2D eigenvalue weighted by molar-refractivity contribution is 7.89. The fourth-order valence-electron chi connectivity index (χ4n) is 2.71. The molecule has 0 spiro atoms. The van der Waals surface area contributed by atoms with Crippen molar-refractivity contribution in [3.63, 3.8) is 0 Å². The van der Waals surface area contributed by atoms with Gasteiger partial charge in [0.25, 0.3) is 5.69 Å². The van der Waals surface area contributed by atoms with E-state index in [2.05, 4.69) is 4.72 Å². The van der Waals surface area contributed by atoms with Gasteiger partial charge in [0.1, 0.15) is 0 Å². The van der Waals surface area contributed by atoms with Crippen molar-refractivity contribution in [1.29, 1.82) is 0 Å². The van der Waals surface area contributed by atoms with E-state index >= 15 is 0 Å². The fraction of sp³-hybridized carbons (Fsp3) is 0.571. The summed E-state index contributed by atoms with van der Waals surface area (Å²) in [5.41, 5.74) is -0.166. The molecule has 0 heterocycles. The molecule has 2 N–H and O–H groups in total. The summed E-state index contributed by atoms with van der Waals surface area (Å²) in [6.07, 6.45) is 4.43. The number of hydrogen-bond acceptors (Lipinski definition) is 5. The maximum absolute atomic E-state index is 12.1. The SMILES string of the molecule is O=[N+]([O-])c1ccc(S(=O)(=O)NCC(O)C2CCCCC2)cc1. The molecule has 1 aliphatic carbocycles. The van der Waals surface area contributed by atoms with Crippen molar-refractivity contribution >= 4 is 15.7 Å². The summed E-state index contributed by atoms with van der Waals surface area (Å²) in [6.45, 7) is -0.0377. The molecular weight excluding hydrogens is 308 g/mol. The molecule has 1 saturated carbocycles. The fourth-order valence-corrected chi connectivity index (χ4v) is 3.76. The minimum atomic E-state index is -3.77. The zero-order valence-electron chi connectivity index (χ0n) is 12.1. The highest BCUT2D eigenvalue weighted by atomic mass is 32.2. The van der Waals surface area contributed by atoms with Crippen LogP contribution in [0.15, 0.2) is 29.2 Å². The van der Waals surface area contributed by atoms with Crippen LogP contribution in [0.3, 0.4) is 0 Å². The Morgan fingerprint density at radius 1 is 1.23 bits per heavy atom. The van der Waals surface area contributed by atoms with Crippen molar-refractivity contribution in [2.45, 2.75) is 43.1 Å². The quantitative estimate of drug-likeness (QED) is 0.611. The van der Waals surface area contributed by atoms with Crippen molar-refractivity contribution in [3.05, 3.63) is 34.4 Å². The van der Waals surface area contributed by atoms with Gasteiger partial charge in [-0.15, -0.1) is 0 Å². The summed E-state index contributed by atoms with van der Waals surface area (Å²) < 4.78 is 26.6. The molecule has 2 rings (SSSR count). The molecule has 1 aromatic carbocycles. The summed E-state index contributed by atoms with van der Waals surface area (Å²) in [7, 11) is -3.77. The lowest BCUT2D eigenvalue weighted by Crippen LogP contribution is -2.37. The highest BCUT2D eigenvalue weighted by Gasteiger charge is 2.24. The van der Waals surface area contributed by atoms with Crippen LogP contribution in [0.2, 0.25) is 0 Å². The highest BCUT2D eigenvalue weighted by Crippen LogP contribution is 2.26. The van der Waals surface area contributed by atoms with Crippen LogP contribution < -0.4 is 4.72 Å². The summed E-state index contributed by atoms with van der Waals surface area (Å²) >= 11 is 0. The van der Waals surface area contributed by atoms with Gasteiger partial charge >= 0.3 is 0 Å². The van der Waals surface area contributed by atoms with E-state index < -0.39 is 21.1 Å². The van der Waals surface area contributed by atoms with Crippen LogP contribution in [-0.2, 0) is 10.0 Å². The molecular formula is C14H20N2O5S. The molecule has 1 aromatic rings. The lowest BCUT2D eigenvalue weighted by molar-refractivity contribution is -0.384. The number of nitro groups is 1. The van der Waals surface area contributed by atoms with Crippen LogP contribution >= 0.6 is 0 Å². The molecule has 0 saturated heterocycles. The zero-order chi connectivity index (χ0) is 16.2. The lowest BCUT2D eigenvalue weighted by atomic mass is 9.85. The molecule has 1 fully saturated rings. The first-order valence-electron chi connectivity index (χ1n) is 7.32. The number of nitro benzene ring substituents is 1. The van der Waals surface area contributed by atoms with Crippen LogP contribution in [0, 0.1) is 16.0 Å². The smallest absolute Gasteiger partial charge is 0.269 e. The van der Waals surface area contributed by atoms with Crippen molar-refractivity contribution in [2.75, 3.05) is 6.54 Å². The van der Waals surface area contributed by atoms with Gasteiger partial charge in [0.2, 0.25) is 10.0 Å². The third kappa shape index (κ3) is 4.25. The van der Waals surface area contributed by atoms with Crippen LogP contribution in [0.25, 0.3) is 0 Å². The largest absolute Gasteiger partial charge is 0.391 e. The zero-order valence-corrected chi connectivity index (χ0v) is 13.0. The molecule has 0 radical (unpaired) electrons. The number of benzene rings is 1. The molecule has 0 bridgehead atoms. The summed E-state index contributed by atoms with van der Waals surface area (Å²) in [4.78, 5) is 9.93. The molecule has 0 amide bonds. The van der Waals surface area contributed by atoms with E-state index in [4.69, 9.17) is 0 Å². The summed E-state index contributed by atoms with van der Waals surface area (Å²) in [5.74, 6) is 0.133. The minimum Gasteiger partial charge on any atom is -0.391 e. The number of aliphatic hydroxyl groups excluding tert-OH is 1. The Hall–Kier alpha value is -1.51. The number of nitrogens with zero attached hydrogens (tertiary/aromatic N) is 1. The first kappa shape index (κ1) is 16.9. The van der Waals surface area contributed by atoms with Gasteiger partial charge in [0, 0.05) is 18.7 Å². The average molecular weight is 328 g/mol. The third-order valence-electron chi connectivity index (χ3n) is 4.03. The van der Waals surface area contributed by atoms with Gasteiger partial charge in [-0.25, -0.2) is 13.1 Å². The molecule has 8 heteroatoms. The second kappa shape index (κ2) is 7.17. The first-order valence-corrected chi connectivity index (χ1v) is 8.80. The van der Waals surface area contributed by atoms with E-state index in [-0.39, 0.29) is 23.0 Å². The van der Waals surface area contributed by atoms with E-state index in [1.54, 1.807) is 0 Å². The molecule has 1 aliphatic rings. The maximum atomic E-state index is 12.1. The molecule has 0 aromatic heterocycles. The summed E-state index contributed by atoms with van der Waals surface area (Å²) in [6, 6.07) is 4.67. The average Bonchev–Trinajstić information content (AvgIpc) is 2.53. The van der Waals surface area contributed by atoms with Crippen molar-refractivity contribution < 1.29 is 18.4 Å². The summed E-state index contributed by atoms with van der Waals surface area (Å²) in [5, 5.41) is 20.6. The van der Waals surface area contributed by atoms with E-state index in [0.717, 1.165) is 44.2 Å². The lowest BCUT2D eigenvalue weighted by Gasteiger charge is -2.26. The first-order chi connectivity index (χ1) is 10.4. The molecule has 1 atom stereocenters. The van der Waals surface area contributed by atoms with Gasteiger partial charge in [-0.1, -0.05) is 19.3 Å². The van der Waals surface area contributed by atoms with Crippen molar-refractivity contribution in [2.24, 2.45) is 5.92 Å². The van der Waals surface area contributed by atoms with Crippen LogP contribution in [0.4, 0.5) is 5.69 Å². The van der Waals surface area contributed by atoms with Crippen molar-refractivity contribution in [1.82, 2.24) is 4.72 Å². The number of hydrogen-bond donors (Lipinski definition) is 2. The van der Waals surface area contributed by atoms with E-state index in [1.807, 2.05) is 0 Å². The Balaban J connectivity index is 1.96. The van der Waals surface area contributed by atoms with Crippen LogP contribution in [0.5, 0.6) is 0 Å². The standard InChI is InChI=1S/C14H20N2O5S/c17-14(11-4-2-1-3-5-11)10-15-22(20,21)13-8-6-12(7-9-13)16(18)19/h6-9,11,14-15,17H,1-5,10H2. The molecule has 122 valence electrons. The molecule has 0 aliphatic heterocycles. The Morgan fingerprint density at radius 2 is 1.82 bits per heavy atom. The van der Waals surface area contributed by atoms with Gasteiger partial charge < -0.3 is 5.11 Å². The molecule has 1 unspecified atom stereocenters. The van der Waals surface area contributed by atoms with Gasteiger partial charge in [0.15, 0.2) is 0 Å². The second-order valence-corrected chi connectivity index (χ2v) is 7.34. The number of rotatable bonds is 6. The number of aliphatic hydroxyl groups is 1. The Bertz CT molecular complexity index is 609. The van der Waals surface area contributed by atoms with Crippen LogP contribution in [-0.4, -0.2) is 31.1 Å². The number of nitrogens with one attached hydrogen (secondary N) is 1. The third-order valence-corrected chi connectivity index (χ3v) is 5.47. The predicted molar refractivity (Wildman–Crippen MR) is 80.9 cm³/mol. The monoisotopic (exact) mass is 328 g/mol. The minimum absolute atomic E-state index is 0.0377. The molecule has 22 heavy (non-hydrogen) atoms. The van der Waals surface area contributed by atoms with Gasteiger partial charge in [-0.3, -0.25) is 10.1 Å². The number of non-ortho nitro benzene ring substituents is 1. The molecule has 7 nitrogen and oxygen atoms in total. The van der Waals surface area contributed by atoms with E-state index in [1.165, 1.54) is 12.1 Å². The predicted octanol–water partition coefficient (Wildman–Crippen LogP) is 1.81. The Kier molecular flexibility index (Phi) is 5.49. The normalized spacial score (nSPS) is 18.0. The van der Waals surface area contributed by atoms with Gasteiger partial charge in [0.05, 0.1) is 15.9 Å². The van der Waals surface area contributed by atoms with E-state index in [0.29, 0.717) is 0 Å². The van der Waals surface area contributed by atoms with E-state index in [9.17, 15) is 23.6 Å². The van der Waals surface area contributed by atoms with Gasteiger partial charge in [-0.2, -0.15) is 0 Å². The Labute approximate surface area is 129 Å². The maximum Gasteiger partial charge on any atom is 0.269 e. The number of sulfonamides is 1. The Morgan fingerprint density at radius 3 is 2.36 bits per heavy atom. The second-order valence-electron chi connectivity index (χ2n) is 5.57.